The van der Waals surface area contributed by atoms with Crippen molar-refractivity contribution in [3.8, 4) is 5.75 Å². The molecule has 1 aliphatic rings. The molecule has 1 aliphatic heterocycles. The Labute approximate surface area is 170 Å². The zero-order chi connectivity index (χ0) is 19.9. The number of nitrogens with zero attached hydrogens (tertiary/aromatic N) is 2. The fraction of sp³-hybridized carbons (Fsp3) is 0.333. The van der Waals surface area contributed by atoms with E-state index in [9.17, 15) is 8.42 Å². The van der Waals surface area contributed by atoms with Gasteiger partial charge in [-0.1, -0.05) is 17.7 Å². The largest absolute Gasteiger partial charge is 0.494 e. The second-order valence-electron chi connectivity index (χ2n) is 7.09. The van der Waals surface area contributed by atoms with E-state index in [0.717, 1.165) is 17.3 Å². The van der Waals surface area contributed by atoms with Crippen molar-refractivity contribution >= 4 is 32.5 Å². The predicted molar refractivity (Wildman–Crippen MR) is 112 cm³/mol. The normalized spacial score (nSPS) is 18.0. The minimum atomic E-state index is -3.53. The van der Waals surface area contributed by atoms with Crippen molar-refractivity contribution in [3.63, 3.8) is 0 Å². The van der Waals surface area contributed by atoms with Crippen LogP contribution in [0.15, 0.2) is 53.6 Å². The van der Waals surface area contributed by atoms with E-state index in [1.54, 1.807) is 28.6 Å². The maximum atomic E-state index is 13.1. The Morgan fingerprint density at radius 1 is 1.18 bits per heavy atom. The molecule has 2 heterocycles. The van der Waals surface area contributed by atoms with Gasteiger partial charge in [0, 0.05) is 35.7 Å². The highest BCUT2D eigenvalue weighted by Gasteiger charge is 2.33. The molecule has 0 saturated carbocycles. The van der Waals surface area contributed by atoms with Crippen LogP contribution in [0.25, 0.3) is 10.9 Å². The number of ether oxygens (including phenoxy) is 1. The number of sulfonamides is 1. The fourth-order valence-electron chi connectivity index (χ4n) is 3.88. The lowest BCUT2D eigenvalue weighted by Gasteiger charge is -2.18. The predicted octanol–water partition coefficient (Wildman–Crippen LogP) is 4.64. The monoisotopic (exact) mass is 418 g/mol. The number of halogens is 1. The third-order valence-electron chi connectivity index (χ3n) is 5.29. The number of hydrogen-bond donors (Lipinski definition) is 0. The van der Waals surface area contributed by atoms with Crippen LogP contribution in [0, 0.1) is 6.92 Å². The zero-order valence-corrected chi connectivity index (χ0v) is 17.5. The molecule has 1 saturated heterocycles. The second-order valence-corrected chi connectivity index (χ2v) is 9.47. The summed E-state index contributed by atoms with van der Waals surface area (Å²) >= 11 is 6.19. The molecule has 1 aromatic heterocycles. The van der Waals surface area contributed by atoms with E-state index in [1.165, 1.54) is 5.56 Å². The van der Waals surface area contributed by atoms with Crippen molar-refractivity contribution in [2.24, 2.45) is 0 Å². The number of rotatable bonds is 5. The first-order valence-electron chi connectivity index (χ1n) is 9.40. The average Bonchev–Trinajstić information content (AvgIpc) is 3.28. The van der Waals surface area contributed by atoms with Gasteiger partial charge in [-0.05, 0) is 62.2 Å². The molecule has 3 aromatic rings. The van der Waals surface area contributed by atoms with Gasteiger partial charge in [0.1, 0.15) is 5.75 Å². The maximum absolute atomic E-state index is 13.1. The van der Waals surface area contributed by atoms with E-state index in [-0.39, 0.29) is 6.04 Å². The first-order chi connectivity index (χ1) is 13.4. The molecule has 5 nitrogen and oxygen atoms in total. The lowest BCUT2D eigenvalue weighted by atomic mass is 10.2. The molecule has 1 unspecified atom stereocenters. The lowest BCUT2D eigenvalue weighted by molar-refractivity contribution is 0.340. The molecule has 148 valence electrons. The quantitative estimate of drug-likeness (QED) is 0.606. The van der Waals surface area contributed by atoms with Crippen LogP contribution in [0.1, 0.15) is 24.9 Å². The van der Waals surface area contributed by atoms with Crippen LogP contribution < -0.4 is 4.74 Å². The van der Waals surface area contributed by atoms with Gasteiger partial charge in [0.2, 0.25) is 10.0 Å². The van der Waals surface area contributed by atoms with Gasteiger partial charge in [0.25, 0.3) is 0 Å². The highest BCUT2D eigenvalue weighted by molar-refractivity contribution is 7.89. The molecule has 4 rings (SSSR count). The van der Waals surface area contributed by atoms with E-state index in [2.05, 4.69) is 17.7 Å². The number of hydrogen-bond acceptors (Lipinski definition) is 3. The minimum Gasteiger partial charge on any atom is -0.494 e. The first kappa shape index (κ1) is 19.3. The highest BCUT2D eigenvalue weighted by atomic mass is 35.5. The Kier molecular flexibility index (Phi) is 5.12. The Hall–Kier alpha value is -2.02. The summed E-state index contributed by atoms with van der Waals surface area (Å²) in [6, 6.07) is 12.6. The summed E-state index contributed by atoms with van der Waals surface area (Å²) in [6.07, 6.45) is 2.87. The summed E-state index contributed by atoms with van der Waals surface area (Å²) in [5.41, 5.74) is 2.22. The van der Waals surface area contributed by atoms with Gasteiger partial charge in [-0.25, -0.2) is 8.42 Å². The number of fused-ring (bicyclic) bond motifs is 1. The third-order valence-corrected chi connectivity index (χ3v) is 7.40. The average molecular weight is 419 g/mol. The standard InChI is InChI=1S/C21H23ClN2O3S/c1-3-27-18-5-7-19(8-6-18)28(25,26)23-11-10-17(14-23)24-13-15(2)20-9-4-16(22)12-21(20)24/h4-9,12-13,17H,3,10-11,14H2,1-2H3. The Morgan fingerprint density at radius 2 is 1.93 bits per heavy atom. The molecule has 28 heavy (non-hydrogen) atoms. The van der Waals surface area contributed by atoms with Crippen LogP contribution >= 0.6 is 11.6 Å². The zero-order valence-electron chi connectivity index (χ0n) is 15.9. The smallest absolute Gasteiger partial charge is 0.243 e. The van der Waals surface area contributed by atoms with Gasteiger partial charge in [0.05, 0.1) is 17.0 Å². The molecule has 0 bridgehead atoms. The van der Waals surface area contributed by atoms with E-state index in [0.29, 0.717) is 35.4 Å². The summed E-state index contributed by atoms with van der Waals surface area (Å²) in [5, 5.41) is 1.83. The van der Waals surface area contributed by atoms with E-state index in [4.69, 9.17) is 16.3 Å². The number of aromatic nitrogens is 1. The van der Waals surface area contributed by atoms with E-state index >= 15 is 0 Å². The van der Waals surface area contributed by atoms with Crippen LogP contribution in [0.3, 0.4) is 0 Å². The van der Waals surface area contributed by atoms with Gasteiger partial charge >= 0.3 is 0 Å². The van der Waals surface area contributed by atoms with Crippen LogP contribution in [0.2, 0.25) is 5.02 Å². The molecule has 0 radical (unpaired) electrons. The highest BCUT2D eigenvalue weighted by Crippen LogP contribution is 2.33. The Bertz CT molecular complexity index is 1110. The SMILES string of the molecule is CCOc1ccc(S(=O)(=O)N2CCC(n3cc(C)c4ccc(Cl)cc43)C2)cc1. The van der Waals surface area contributed by atoms with Gasteiger partial charge in [-0.2, -0.15) is 4.31 Å². The summed E-state index contributed by atoms with van der Waals surface area (Å²) in [7, 11) is -3.53. The molecule has 0 spiro atoms. The third kappa shape index (κ3) is 3.41. The van der Waals surface area contributed by atoms with Gasteiger partial charge in [0.15, 0.2) is 0 Å². The van der Waals surface area contributed by atoms with E-state index in [1.807, 2.05) is 25.1 Å². The van der Waals surface area contributed by atoms with Crippen LogP contribution in [0.4, 0.5) is 0 Å². The summed E-state index contributed by atoms with van der Waals surface area (Å²) < 4.78 is 35.3. The lowest BCUT2D eigenvalue weighted by Crippen LogP contribution is -2.29. The van der Waals surface area contributed by atoms with Gasteiger partial charge in [-0.3, -0.25) is 0 Å². The molecular weight excluding hydrogens is 396 g/mol. The van der Waals surface area contributed by atoms with Crippen molar-refractivity contribution in [3.05, 3.63) is 59.2 Å². The summed E-state index contributed by atoms with van der Waals surface area (Å²) in [5.74, 6) is 0.673. The van der Waals surface area contributed by atoms with Crippen molar-refractivity contribution in [1.82, 2.24) is 8.87 Å². The van der Waals surface area contributed by atoms with Crippen LogP contribution in [-0.2, 0) is 10.0 Å². The molecule has 7 heteroatoms. The molecule has 2 aromatic carbocycles. The summed E-state index contributed by atoms with van der Waals surface area (Å²) in [6.45, 7) is 5.46. The van der Waals surface area contributed by atoms with Crippen LogP contribution in [0.5, 0.6) is 5.75 Å². The topological polar surface area (TPSA) is 51.5 Å². The molecule has 0 amide bonds. The Morgan fingerprint density at radius 3 is 2.64 bits per heavy atom. The van der Waals surface area contributed by atoms with Crippen molar-refractivity contribution in [1.29, 1.82) is 0 Å². The van der Waals surface area contributed by atoms with E-state index < -0.39 is 10.0 Å². The van der Waals surface area contributed by atoms with Crippen molar-refractivity contribution in [2.45, 2.75) is 31.2 Å². The van der Waals surface area contributed by atoms with Crippen molar-refractivity contribution < 1.29 is 13.2 Å². The minimum absolute atomic E-state index is 0.0899. The number of aryl methyl sites for hydroxylation is 1. The molecule has 1 fully saturated rings. The fourth-order valence-corrected chi connectivity index (χ4v) is 5.54. The number of benzene rings is 2. The maximum Gasteiger partial charge on any atom is 0.243 e. The summed E-state index contributed by atoms with van der Waals surface area (Å²) in [4.78, 5) is 0.299. The van der Waals surface area contributed by atoms with Crippen LogP contribution in [-0.4, -0.2) is 37.0 Å². The molecule has 0 N–H and O–H groups in total. The second kappa shape index (κ2) is 7.43. The van der Waals surface area contributed by atoms with Gasteiger partial charge < -0.3 is 9.30 Å². The van der Waals surface area contributed by atoms with Gasteiger partial charge in [-0.15, -0.1) is 0 Å². The Balaban J connectivity index is 1.59. The molecule has 1 atom stereocenters. The molecule has 0 aliphatic carbocycles. The molecular formula is C21H23ClN2O3S. The first-order valence-corrected chi connectivity index (χ1v) is 11.2. The van der Waals surface area contributed by atoms with Crippen molar-refractivity contribution in [2.75, 3.05) is 19.7 Å².